The largest absolute Gasteiger partial charge is 0.497 e. The molecule has 0 atom stereocenters. The van der Waals surface area contributed by atoms with Gasteiger partial charge in [-0.05, 0) is 79.3 Å². The van der Waals surface area contributed by atoms with Crippen molar-refractivity contribution in [1.29, 1.82) is 0 Å². The number of rotatable bonds is 5. The SMILES string of the molecule is COc1ccc(-n2nc3cc(C)c(NC(=S)NC(=O)C=Cc4ccco4)cc3n2)cc1. The molecule has 2 aromatic carbocycles. The Bertz CT molecular complexity index is 1260. The molecule has 0 bridgehead atoms. The second kappa shape index (κ2) is 8.80. The number of nitrogens with one attached hydrogen (secondary N) is 2. The van der Waals surface area contributed by atoms with E-state index >= 15 is 0 Å². The lowest BCUT2D eigenvalue weighted by Gasteiger charge is -2.10. The van der Waals surface area contributed by atoms with Gasteiger partial charge in [0.25, 0.3) is 0 Å². The van der Waals surface area contributed by atoms with Crippen molar-refractivity contribution < 1.29 is 13.9 Å². The normalized spacial score (nSPS) is 11.0. The van der Waals surface area contributed by atoms with Crippen LogP contribution in [0, 0.1) is 6.92 Å². The van der Waals surface area contributed by atoms with Gasteiger partial charge in [0.05, 0.1) is 19.1 Å². The van der Waals surface area contributed by atoms with Crippen LogP contribution in [0.25, 0.3) is 22.8 Å². The van der Waals surface area contributed by atoms with Crippen molar-refractivity contribution in [3.05, 3.63) is 72.2 Å². The zero-order valence-corrected chi connectivity index (χ0v) is 17.6. The third kappa shape index (κ3) is 4.78. The lowest BCUT2D eigenvalue weighted by Crippen LogP contribution is -2.33. The molecule has 156 valence electrons. The number of furan rings is 1. The number of hydrogen-bond acceptors (Lipinski definition) is 6. The first kappa shape index (κ1) is 20.3. The van der Waals surface area contributed by atoms with Crippen molar-refractivity contribution in [2.24, 2.45) is 0 Å². The van der Waals surface area contributed by atoms with Gasteiger partial charge in [0.2, 0.25) is 5.91 Å². The van der Waals surface area contributed by atoms with Crippen molar-refractivity contribution in [1.82, 2.24) is 20.3 Å². The molecule has 0 aliphatic carbocycles. The van der Waals surface area contributed by atoms with Crippen LogP contribution in [-0.4, -0.2) is 33.1 Å². The summed E-state index contributed by atoms with van der Waals surface area (Å²) in [5.74, 6) is 0.978. The molecule has 0 aliphatic heterocycles. The molecule has 8 nitrogen and oxygen atoms in total. The zero-order chi connectivity index (χ0) is 21.8. The van der Waals surface area contributed by atoms with Gasteiger partial charge in [0, 0.05) is 11.8 Å². The summed E-state index contributed by atoms with van der Waals surface area (Å²) in [6.07, 6.45) is 4.45. The second-order valence-corrected chi connectivity index (χ2v) is 7.04. The molecule has 2 N–H and O–H groups in total. The van der Waals surface area contributed by atoms with Gasteiger partial charge in [-0.2, -0.15) is 4.80 Å². The zero-order valence-electron chi connectivity index (χ0n) is 16.8. The van der Waals surface area contributed by atoms with Crippen molar-refractivity contribution >= 4 is 46.0 Å². The molecule has 2 heterocycles. The molecule has 31 heavy (non-hydrogen) atoms. The van der Waals surface area contributed by atoms with E-state index in [4.69, 9.17) is 21.4 Å². The Morgan fingerprint density at radius 2 is 1.90 bits per heavy atom. The second-order valence-electron chi connectivity index (χ2n) is 6.64. The fourth-order valence-electron chi connectivity index (χ4n) is 2.88. The molecule has 0 radical (unpaired) electrons. The highest BCUT2D eigenvalue weighted by Crippen LogP contribution is 2.22. The van der Waals surface area contributed by atoms with Crippen molar-refractivity contribution in [3.8, 4) is 11.4 Å². The van der Waals surface area contributed by atoms with Crippen LogP contribution in [0.5, 0.6) is 5.75 Å². The van der Waals surface area contributed by atoms with E-state index in [0.717, 1.165) is 28.2 Å². The number of carbonyl (C=O) groups excluding carboxylic acids is 1. The number of aromatic nitrogens is 3. The maximum absolute atomic E-state index is 12.0. The number of hydrogen-bond donors (Lipinski definition) is 2. The summed E-state index contributed by atoms with van der Waals surface area (Å²) in [5.41, 5.74) is 3.90. The molecule has 9 heteroatoms. The van der Waals surface area contributed by atoms with Crippen LogP contribution in [0.15, 0.2) is 65.3 Å². The lowest BCUT2D eigenvalue weighted by atomic mass is 10.2. The van der Waals surface area contributed by atoms with E-state index in [1.54, 1.807) is 30.1 Å². The summed E-state index contributed by atoms with van der Waals surface area (Å²) in [4.78, 5) is 13.6. The molecule has 1 amide bonds. The average molecular weight is 433 g/mol. The number of anilines is 1. The first-order valence-electron chi connectivity index (χ1n) is 9.37. The first-order chi connectivity index (χ1) is 15.0. The summed E-state index contributed by atoms with van der Waals surface area (Å²) >= 11 is 5.26. The quantitative estimate of drug-likeness (QED) is 0.365. The predicted octanol–water partition coefficient (Wildman–Crippen LogP) is 3.86. The highest BCUT2D eigenvalue weighted by Gasteiger charge is 2.10. The molecule has 0 saturated heterocycles. The van der Waals surface area contributed by atoms with E-state index in [1.165, 1.54) is 12.3 Å². The van der Waals surface area contributed by atoms with Crippen LogP contribution in [0.2, 0.25) is 0 Å². The summed E-state index contributed by atoms with van der Waals surface area (Å²) < 4.78 is 10.3. The summed E-state index contributed by atoms with van der Waals surface area (Å²) in [6, 6.07) is 14.7. The molecular weight excluding hydrogens is 414 g/mol. The molecule has 0 saturated carbocycles. The monoisotopic (exact) mass is 433 g/mol. The minimum absolute atomic E-state index is 0.180. The van der Waals surface area contributed by atoms with Crippen molar-refractivity contribution in [2.75, 3.05) is 12.4 Å². The standard InChI is InChI=1S/C22H19N5O3S/c1-14-12-19-20(26-27(25-19)15-5-7-16(29-2)8-6-15)13-18(14)23-22(31)24-21(28)10-9-17-4-3-11-30-17/h3-13H,1-2H3,(H2,23,24,28,31). The number of methoxy groups -OCH3 is 1. The van der Waals surface area contributed by atoms with Gasteiger partial charge >= 0.3 is 0 Å². The van der Waals surface area contributed by atoms with Gasteiger partial charge in [-0.3, -0.25) is 10.1 Å². The Hall–Kier alpha value is -3.98. The maximum atomic E-state index is 12.0. The van der Waals surface area contributed by atoms with Gasteiger partial charge < -0.3 is 14.5 Å². The maximum Gasteiger partial charge on any atom is 0.250 e. The van der Waals surface area contributed by atoms with Crippen LogP contribution in [0.3, 0.4) is 0 Å². The Kier molecular flexibility index (Phi) is 5.76. The smallest absolute Gasteiger partial charge is 0.250 e. The fraction of sp³-hybridized carbons (Fsp3) is 0.0909. The van der Waals surface area contributed by atoms with Gasteiger partial charge in [-0.25, -0.2) is 0 Å². The number of fused-ring (bicyclic) bond motifs is 1. The first-order valence-corrected chi connectivity index (χ1v) is 9.78. The number of aryl methyl sites for hydroxylation is 1. The number of ether oxygens (including phenoxy) is 1. The third-order valence-electron chi connectivity index (χ3n) is 4.46. The number of benzene rings is 2. The lowest BCUT2D eigenvalue weighted by molar-refractivity contribution is -0.115. The van der Waals surface area contributed by atoms with E-state index in [2.05, 4.69) is 20.8 Å². The molecule has 4 rings (SSSR count). The van der Waals surface area contributed by atoms with E-state index < -0.39 is 0 Å². The highest BCUT2D eigenvalue weighted by atomic mass is 32.1. The Balaban J connectivity index is 1.47. The van der Waals surface area contributed by atoms with Gasteiger partial charge in [0.15, 0.2) is 5.11 Å². The Morgan fingerprint density at radius 3 is 2.58 bits per heavy atom. The van der Waals surface area contributed by atoms with Gasteiger partial charge in [0.1, 0.15) is 22.5 Å². The molecule has 0 unspecified atom stereocenters. The molecule has 0 fully saturated rings. The summed E-state index contributed by atoms with van der Waals surface area (Å²) in [7, 11) is 1.62. The molecule has 2 aromatic heterocycles. The van der Waals surface area contributed by atoms with Gasteiger partial charge in [-0.1, -0.05) is 0 Å². The van der Waals surface area contributed by atoms with Crippen LogP contribution in [0.1, 0.15) is 11.3 Å². The van der Waals surface area contributed by atoms with Crippen LogP contribution in [-0.2, 0) is 4.79 Å². The molecule has 4 aromatic rings. The number of thiocarbonyl (C=S) groups is 1. The van der Waals surface area contributed by atoms with Crippen LogP contribution < -0.4 is 15.4 Å². The minimum Gasteiger partial charge on any atom is -0.497 e. The summed E-state index contributed by atoms with van der Waals surface area (Å²) in [5, 5.41) is 14.9. The van der Waals surface area contributed by atoms with Crippen molar-refractivity contribution in [3.63, 3.8) is 0 Å². The fourth-order valence-corrected chi connectivity index (χ4v) is 3.10. The Morgan fingerprint density at radius 1 is 1.16 bits per heavy atom. The molecule has 0 aliphatic rings. The minimum atomic E-state index is -0.363. The van der Waals surface area contributed by atoms with E-state index in [0.29, 0.717) is 11.3 Å². The summed E-state index contributed by atoms with van der Waals surface area (Å²) in [6.45, 7) is 1.93. The average Bonchev–Trinajstić information content (AvgIpc) is 3.42. The van der Waals surface area contributed by atoms with E-state index in [9.17, 15) is 4.79 Å². The topological polar surface area (TPSA) is 94.2 Å². The van der Waals surface area contributed by atoms with Gasteiger partial charge in [-0.15, -0.1) is 10.2 Å². The van der Waals surface area contributed by atoms with Crippen molar-refractivity contribution in [2.45, 2.75) is 6.92 Å². The third-order valence-corrected chi connectivity index (χ3v) is 4.66. The Labute approximate surface area is 183 Å². The van der Waals surface area contributed by atoms with Crippen LogP contribution in [0.4, 0.5) is 5.69 Å². The van der Waals surface area contributed by atoms with E-state index in [1.807, 2.05) is 43.3 Å². The number of carbonyl (C=O) groups is 1. The molecular formula is C22H19N5O3S. The number of amides is 1. The highest BCUT2D eigenvalue weighted by molar-refractivity contribution is 7.80. The number of nitrogens with zero attached hydrogens (tertiary/aromatic N) is 3. The predicted molar refractivity (Wildman–Crippen MR) is 122 cm³/mol. The molecule has 0 spiro atoms. The van der Waals surface area contributed by atoms with E-state index in [-0.39, 0.29) is 11.0 Å². The van der Waals surface area contributed by atoms with Crippen LogP contribution >= 0.6 is 12.2 Å².